The van der Waals surface area contributed by atoms with Gasteiger partial charge in [-0.15, -0.1) is 0 Å². The lowest BCUT2D eigenvalue weighted by atomic mass is 10.2. The Balaban J connectivity index is 2.88. The summed E-state index contributed by atoms with van der Waals surface area (Å²) >= 11 is 0. The van der Waals surface area contributed by atoms with E-state index in [9.17, 15) is 14.4 Å². The molecule has 0 spiro atoms. The first-order valence-electron chi connectivity index (χ1n) is 6.64. The number of esters is 2. The highest BCUT2D eigenvalue weighted by Gasteiger charge is 2.24. The number of methoxy groups -OCH3 is 1. The minimum Gasteiger partial charge on any atom is -0.493 e. The van der Waals surface area contributed by atoms with E-state index in [1.807, 2.05) is 0 Å². The Kier molecular flexibility index (Phi) is 6.31. The number of hydrogen-bond donors (Lipinski definition) is 0. The molecule has 0 aromatic heterocycles. The molecule has 0 radical (unpaired) electrons. The minimum atomic E-state index is -1.04. The molecule has 0 aliphatic rings. The standard InChI is InChI=1S/C16H18O6/c1-5-12(21-15(18)10(2)3)16(19)22-13-7-6-11(9-17)8-14(13)20-4/h6-9,12H,2,5H2,1,3-4H3. The molecule has 1 unspecified atom stereocenters. The van der Waals surface area contributed by atoms with Crippen LogP contribution in [0.3, 0.4) is 0 Å². The predicted molar refractivity (Wildman–Crippen MR) is 79.0 cm³/mol. The first-order valence-corrected chi connectivity index (χ1v) is 6.64. The molecule has 6 heteroatoms. The second kappa shape index (κ2) is 7.97. The molecular weight excluding hydrogens is 288 g/mol. The van der Waals surface area contributed by atoms with Crippen LogP contribution in [0.25, 0.3) is 0 Å². The number of benzene rings is 1. The van der Waals surface area contributed by atoms with E-state index in [1.165, 1.54) is 32.2 Å². The van der Waals surface area contributed by atoms with Crippen molar-refractivity contribution in [1.29, 1.82) is 0 Å². The van der Waals surface area contributed by atoms with Gasteiger partial charge in [0.05, 0.1) is 7.11 Å². The van der Waals surface area contributed by atoms with Gasteiger partial charge in [0.1, 0.15) is 6.29 Å². The molecule has 0 aliphatic carbocycles. The van der Waals surface area contributed by atoms with E-state index in [-0.39, 0.29) is 23.5 Å². The van der Waals surface area contributed by atoms with E-state index in [2.05, 4.69) is 6.58 Å². The van der Waals surface area contributed by atoms with Crippen LogP contribution in [0.4, 0.5) is 0 Å². The van der Waals surface area contributed by atoms with Crippen molar-refractivity contribution in [1.82, 2.24) is 0 Å². The fraction of sp³-hybridized carbons (Fsp3) is 0.312. The SMILES string of the molecule is C=C(C)C(=O)OC(CC)C(=O)Oc1ccc(C=O)cc1OC. The van der Waals surface area contributed by atoms with Gasteiger partial charge in [-0.25, -0.2) is 9.59 Å². The van der Waals surface area contributed by atoms with Gasteiger partial charge in [0.2, 0.25) is 0 Å². The van der Waals surface area contributed by atoms with Gasteiger partial charge >= 0.3 is 11.9 Å². The largest absolute Gasteiger partial charge is 0.493 e. The zero-order chi connectivity index (χ0) is 16.7. The third-order valence-electron chi connectivity index (χ3n) is 2.77. The topological polar surface area (TPSA) is 78.9 Å². The van der Waals surface area contributed by atoms with Crippen molar-refractivity contribution in [2.75, 3.05) is 7.11 Å². The van der Waals surface area contributed by atoms with Crippen molar-refractivity contribution in [3.63, 3.8) is 0 Å². The van der Waals surface area contributed by atoms with E-state index >= 15 is 0 Å². The van der Waals surface area contributed by atoms with E-state index in [4.69, 9.17) is 14.2 Å². The lowest BCUT2D eigenvalue weighted by Gasteiger charge is -2.16. The number of hydrogen-bond acceptors (Lipinski definition) is 6. The molecule has 1 aromatic carbocycles. The van der Waals surface area contributed by atoms with Gasteiger partial charge < -0.3 is 14.2 Å². The molecule has 0 amide bonds. The maximum absolute atomic E-state index is 12.1. The second-order valence-corrected chi connectivity index (χ2v) is 4.53. The Morgan fingerprint density at radius 1 is 1.32 bits per heavy atom. The fourth-order valence-corrected chi connectivity index (χ4v) is 1.54. The second-order valence-electron chi connectivity index (χ2n) is 4.53. The van der Waals surface area contributed by atoms with Gasteiger partial charge in [-0.2, -0.15) is 0 Å². The van der Waals surface area contributed by atoms with Crippen LogP contribution in [0.1, 0.15) is 30.6 Å². The maximum atomic E-state index is 12.1. The monoisotopic (exact) mass is 306 g/mol. The first kappa shape index (κ1) is 17.4. The highest BCUT2D eigenvalue weighted by molar-refractivity contribution is 5.90. The normalized spacial score (nSPS) is 11.2. The lowest BCUT2D eigenvalue weighted by molar-refractivity contribution is -0.159. The van der Waals surface area contributed by atoms with Gasteiger partial charge in [0, 0.05) is 11.1 Å². The molecule has 1 atom stereocenters. The average Bonchev–Trinajstić information content (AvgIpc) is 2.52. The summed E-state index contributed by atoms with van der Waals surface area (Å²) in [5, 5.41) is 0. The summed E-state index contributed by atoms with van der Waals surface area (Å²) < 4.78 is 15.2. The number of aldehydes is 1. The summed E-state index contributed by atoms with van der Waals surface area (Å²) in [6, 6.07) is 4.36. The smallest absolute Gasteiger partial charge is 0.352 e. The molecule has 0 saturated carbocycles. The molecule has 1 rings (SSSR count). The Morgan fingerprint density at radius 3 is 2.50 bits per heavy atom. The highest BCUT2D eigenvalue weighted by atomic mass is 16.6. The number of ether oxygens (including phenoxy) is 3. The molecule has 0 fully saturated rings. The Hall–Kier alpha value is -2.63. The lowest BCUT2D eigenvalue weighted by Crippen LogP contribution is -2.30. The summed E-state index contributed by atoms with van der Waals surface area (Å²) in [6.45, 7) is 6.63. The quantitative estimate of drug-likeness (QED) is 0.333. The molecule has 0 N–H and O–H groups in total. The van der Waals surface area contributed by atoms with Crippen molar-refractivity contribution in [2.45, 2.75) is 26.4 Å². The number of carbonyl (C=O) groups is 3. The summed E-state index contributed by atoms with van der Waals surface area (Å²) in [7, 11) is 1.39. The van der Waals surface area contributed by atoms with Crippen LogP contribution >= 0.6 is 0 Å². The zero-order valence-electron chi connectivity index (χ0n) is 12.8. The van der Waals surface area contributed by atoms with Crippen LogP contribution in [0, 0.1) is 0 Å². The van der Waals surface area contributed by atoms with Gasteiger partial charge in [-0.3, -0.25) is 4.79 Å². The summed E-state index contributed by atoms with van der Waals surface area (Å²) in [5.41, 5.74) is 0.580. The van der Waals surface area contributed by atoms with Crippen molar-refractivity contribution < 1.29 is 28.6 Å². The fourth-order valence-electron chi connectivity index (χ4n) is 1.54. The van der Waals surface area contributed by atoms with Crippen LogP contribution in [-0.4, -0.2) is 31.4 Å². The van der Waals surface area contributed by atoms with Crippen LogP contribution in [0.15, 0.2) is 30.4 Å². The van der Waals surface area contributed by atoms with Crippen molar-refractivity contribution in [2.24, 2.45) is 0 Å². The molecule has 0 bridgehead atoms. The summed E-state index contributed by atoms with van der Waals surface area (Å²) in [5.74, 6) is -1.01. The van der Waals surface area contributed by atoms with E-state index in [0.717, 1.165) is 0 Å². The minimum absolute atomic E-state index is 0.142. The third-order valence-corrected chi connectivity index (χ3v) is 2.77. The molecule has 22 heavy (non-hydrogen) atoms. The van der Waals surface area contributed by atoms with Crippen LogP contribution in [0.5, 0.6) is 11.5 Å². The highest BCUT2D eigenvalue weighted by Crippen LogP contribution is 2.28. The number of carbonyl (C=O) groups excluding carboxylic acids is 3. The molecule has 6 nitrogen and oxygen atoms in total. The van der Waals surface area contributed by atoms with Gasteiger partial charge in [-0.05, 0) is 31.5 Å². The summed E-state index contributed by atoms with van der Waals surface area (Å²) in [6.07, 6.45) is -0.135. The van der Waals surface area contributed by atoms with E-state index in [1.54, 1.807) is 6.92 Å². The van der Waals surface area contributed by atoms with Crippen molar-refractivity contribution in [3.8, 4) is 11.5 Å². The van der Waals surface area contributed by atoms with E-state index < -0.39 is 18.0 Å². The molecule has 0 heterocycles. The molecule has 0 aliphatic heterocycles. The predicted octanol–water partition coefficient (Wildman–Crippen LogP) is 2.31. The van der Waals surface area contributed by atoms with E-state index in [0.29, 0.717) is 11.8 Å². The molecule has 1 aromatic rings. The van der Waals surface area contributed by atoms with Gasteiger partial charge in [0.25, 0.3) is 0 Å². The molecule has 0 saturated heterocycles. The average molecular weight is 306 g/mol. The van der Waals surface area contributed by atoms with Crippen LogP contribution in [0.2, 0.25) is 0 Å². The molecular formula is C16H18O6. The number of rotatable bonds is 7. The van der Waals surface area contributed by atoms with Gasteiger partial charge in [0.15, 0.2) is 17.6 Å². The Bertz CT molecular complexity index is 590. The Labute approximate surface area is 128 Å². The zero-order valence-corrected chi connectivity index (χ0v) is 12.8. The Morgan fingerprint density at radius 2 is 2.00 bits per heavy atom. The van der Waals surface area contributed by atoms with Gasteiger partial charge in [-0.1, -0.05) is 13.5 Å². The third kappa shape index (κ3) is 4.44. The first-order chi connectivity index (χ1) is 10.4. The maximum Gasteiger partial charge on any atom is 0.352 e. The molecule has 118 valence electrons. The van der Waals surface area contributed by atoms with Crippen LogP contribution < -0.4 is 9.47 Å². The van der Waals surface area contributed by atoms with Crippen molar-refractivity contribution >= 4 is 18.2 Å². The van der Waals surface area contributed by atoms with Crippen molar-refractivity contribution in [3.05, 3.63) is 35.9 Å². The van der Waals surface area contributed by atoms with Crippen LogP contribution in [-0.2, 0) is 14.3 Å². The summed E-state index contributed by atoms with van der Waals surface area (Å²) in [4.78, 5) is 34.3.